The number of nitro groups is 1. The molecule has 26 heavy (non-hydrogen) atoms. The normalized spacial score (nSPS) is 12.4. The number of nitro benzene ring substituents is 1. The van der Waals surface area contributed by atoms with E-state index in [0.717, 1.165) is 18.5 Å². The molecule has 1 aromatic heterocycles. The van der Waals surface area contributed by atoms with Crippen molar-refractivity contribution >= 4 is 21.2 Å². The first-order valence-electron chi connectivity index (χ1n) is 6.58. The molecule has 142 valence electrons. The number of aromatic nitrogens is 2. The lowest BCUT2D eigenvalue weighted by Gasteiger charge is -2.11. The molecule has 0 atom stereocenters. The van der Waals surface area contributed by atoms with Gasteiger partial charge in [0.25, 0.3) is 15.5 Å². The van der Waals surface area contributed by atoms with Crippen molar-refractivity contribution < 1.29 is 35.3 Å². The lowest BCUT2D eigenvalue weighted by atomic mass is 10.2. The SMILES string of the molecule is O=[N+]([O-])c1cc(S(=O)(=O)C(F)(F)F)ccc1NCc1nccn1C(F)F. The van der Waals surface area contributed by atoms with Gasteiger partial charge in [0, 0.05) is 18.5 Å². The van der Waals surface area contributed by atoms with Crippen molar-refractivity contribution in [1.29, 1.82) is 0 Å². The quantitative estimate of drug-likeness (QED) is 0.454. The summed E-state index contributed by atoms with van der Waals surface area (Å²) in [6, 6.07) is 1.51. The van der Waals surface area contributed by atoms with Gasteiger partial charge < -0.3 is 5.32 Å². The van der Waals surface area contributed by atoms with Crippen LogP contribution < -0.4 is 5.32 Å². The van der Waals surface area contributed by atoms with E-state index in [1.54, 1.807) is 0 Å². The molecule has 2 rings (SSSR count). The summed E-state index contributed by atoms with van der Waals surface area (Å²) in [7, 11) is -5.77. The van der Waals surface area contributed by atoms with E-state index in [-0.39, 0.29) is 17.6 Å². The first kappa shape index (κ1) is 19.6. The summed E-state index contributed by atoms with van der Waals surface area (Å²) < 4.78 is 86.2. The molecule has 8 nitrogen and oxygen atoms in total. The Hall–Kier alpha value is -2.77. The van der Waals surface area contributed by atoms with Gasteiger partial charge in [-0.05, 0) is 12.1 Å². The predicted octanol–water partition coefficient (Wildman–Crippen LogP) is 3.09. The third-order valence-electron chi connectivity index (χ3n) is 3.18. The molecule has 0 aliphatic heterocycles. The zero-order chi connectivity index (χ0) is 19.7. The minimum Gasteiger partial charge on any atom is -0.372 e. The molecule has 0 unspecified atom stereocenters. The number of rotatable bonds is 6. The Morgan fingerprint density at radius 1 is 1.31 bits per heavy atom. The van der Waals surface area contributed by atoms with Gasteiger partial charge in [0.05, 0.1) is 16.4 Å². The van der Waals surface area contributed by atoms with Crippen LogP contribution in [0.3, 0.4) is 0 Å². The Morgan fingerprint density at radius 2 is 1.96 bits per heavy atom. The molecule has 0 saturated carbocycles. The van der Waals surface area contributed by atoms with Gasteiger partial charge in [-0.1, -0.05) is 0 Å². The van der Waals surface area contributed by atoms with Gasteiger partial charge in [-0.25, -0.2) is 13.4 Å². The van der Waals surface area contributed by atoms with Crippen molar-refractivity contribution in [3.05, 3.63) is 46.5 Å². The Kier molecular flexibility index (Phi) is 5.16. The number of nitrogens with zero attached hydrogens (tertiary/aromatic N) is 3. The highest BCUT2D eigenvalue weighted by atomic mass is 32.2. The van der Waals surface area contributed by atoms with Crippen molar-refractivity contribution in [2.75, 3.05) is 5.32 Å². The number of alkyl halides is 5. The van der Waals surface area contributed by atoms with Gasteiger partial charge in [0.15, 0.2) is 0 Å². The van der Waals surface area contributed by atoms with Gasteiger partial charge in [-0.15, -0.1) is 0 Å². The zero-order valence-corrected chi connectivity index (χ0v) is 13.3. The van der Waals surface area contributed by atoms with Crippen molar-refractivity contribution in [3.63, 3.8) is 0 Å². The third-order valence-corrected chi connectivity index (χ3v) is 4.66. The van der Waals surface area contributed by atoms with Crippen LogP contribution in [0.5, 0.6) is 0 Å². The van der Waals surface area contributed by atoms with Crippen LogP contribution >= 0.6 is 0 Å². The van der Waals surface area contributed by atoms with Crippen molar-refractivity contribution in [3.8, 4) is 0 Å². The molecule has 0 aliphatic rings. The minimum atomic E-state index is -5.77. The first-order valence-corrected chi connectivity index (χ1v) is 8.07. The first-order chi connectivity index (χ1) is 11.9. The number of hydrogen-bond donors (Lipinski definition) is 1. The Bertz CT molecular complexity index is 926. The summed E-state index contributed by atoms with van der Waals surface area (Å²) in [4.78, 5) is 12.2. The standard InChI is InChI=1S/C12H9F5N4O4S/c13-11(14)20-4-3-18-10(20)6-19-8-2-1-7(5-9(8)21(22)23)26(24,25)12(15,16)17/h1-5,11,19H,6H2. The summed E-state index contributed by atoms with van der Waals surface area (Å²) in [5.74, 6) is -0.193. The molecule has 2 aromatic rings. The van der Waals surface area contributed by atoms with Crippen LogP contribution in [-0.2, 0) is 16.4 Å². The van der Waals surface area contributed by atoms with Gasteiger partial charge in [-0.3, -0.25) is 14.7 Å². The van der Waals surface area contributed by atoms with E-state index in [1.807, 2.05) is 0 Å². The summed E-state index contributed by atoms with van der Waals surface area (Å²) >= 11 is 0. The van der Waals surface area contributed by atoms with Gasteiger partial charge >= 0.3 is 12.1 Å². The lowest BCUT2D eigenvalue weighted by molar-refractivity contribution is -0.384. The van der Waals surface area contributed by atoms with Crippen LogP contribution in [0, 0.1) is 10.1 Å². The van der Waals surface area contributed by atoms with E-state index >= 15 is 0 Å². The van der Waals surface area contributed by atoms with E-state index in [1.165, 1.54) is 0 Å². The number of nitrogens with one attached hydrogen (secondary N) is 1. The Labute approximate surface area is 142 Å². The maximum atomic E-state index is 12.7. The molecule has 1 N–H and O–H groups in total. The summed E-state index contributed by atoms with van der Waals surface area (Å²) in [5, 5.41) is 13.4. The van der Waals surface area contributed by atoms with Gasteiger partial charge in [0.2, 0.25) is 0 Å². The monoisotopic (exact) mass is 400 g/mol. The van der Waals surface area contributed by atoms with Gasteiger partial charge in [-0.2, -0.15) is 22.0 Å². The fraction of sp³-hybridized carbons (Fsp3) is 0.250. The lowest BCUT2D eigenvalue weighted by Crippen LogP contribution is -2.23. The summed E-state index contributed by atoms with van der Waals surface area (Å²) in [5.41, 5.74) is -6.96. The van der Waals surface area contributed by atoms with E-state index in [0.29, 0.717) is 10.6 Å². The maximum Gasteiger partial charge on any atom is 0.501 e. The molecule has 0 fully saturated rings. The van der Waals surface area contributed by atoms with Crippen molar-refractivity contribution in [1.82, 2.24) is 9.55 Å². The van der Waals surface area contributed by atoms with Crippen LogP contribution in [-0.4, -0.2) is 28.4 Å². The molecule has 0 bridgehead atoms. The second kappa shape index (κ2) is 6.86. The van der Waals surface area contributed by atoms with Crippen molar-refractivity contribution in [2.24, 2.45) is 0 Å². The van der Waals surface area contributed by atoms with E-state index in [2.05, 4.69) is 10.3 Å². The Morgan fingerprint density at radius 3 is 2.50 bits per heavy atom. The Balaban J connectivity index is 2.36. The highest BCUT2D eigenvalue weighted by molar-refractivity contribution is 7.92. The molecule has 14 heteroatoms. The summed E-state index contributed by atoms with van der Waals surface area (Å²) in [6.07, 6.45) is 2.03. The third kappa shape index (κ3) is 3.74. The molecule has 0 radical (unpaired) electrons. The zero-order valence-electron chi connectivity index (χ0n) is 12.4. The number of benzene rings is 1. The van der Waals surface area contributed by atoms with Gasteiger partial charge in [0.1, 0.15) is 11.5 Å². The number of halogens is 5. The number of hydrogen-bond acceptors (Lipinski definition) is 6. The number of imidazole rings is 1. The average Bonchev–Trinajstić information content (AvgIpc) is 3.00. The fourth-order valence-electron chi connectivity index (χ4n) is 1.95. The highest BCUT2D eigenvalue weighted by Gasteiger charge is 2.47. The second-order valence-corrected chi connectivity index (χ2v) is 6.71. The molecule has 0 aliphatic carbocycles. The molecule has 1 heterocycles. The molecule has 1 aromatic carbocycles. The van der Waals surface area contributed by atoms with Crippen LogP contribution in [0.25, 0.3) is 0 Å². The molecule has 0 amide bonds. The van der Waals surface area contributed by atoms with E-state index in [9.17, 15) is 40.5 Å². The summed E-state index contributed by atoms with van der Waals surface area (Å²) in [6.45, 7) is -3.33. The van der Waals surface area contributed by atoms with Crippen LogP contribution in [0.2, 0.25) is 0 Å². The fourth-order valence-corrected chi connectivity index (χ4v) is 2.73. The average molecular weight is 400 g/mol. The molecular weight excluding hydrogens is 391 g/mol. The molecule has 0 spiro atoms. The van der Waals surface area contributed by atoms with Crippen molar-refractivity contribution in [2.45, 2.75) is 23.5 Å². The largest absolute Gasteiger partial charge is 0.501 e. The second-order valence-electron chi connectivity index (χ2n) is 4.77. The molecule has 0 saturated heterocycles. The molecular formula is C12H9F5N4O4S. The minimum absolute atomic E-state index is 0.193. The van der Waals surface area contributed by atoms with Crippen LogP contribution in [0.15, 0.2) is 35.5 Å². The van der Waals surface area contributed by atoms with E-state index in [4.69, 9.17) is 0 Å². The maximum absolute atomic E-state index is 12.7. The highest BCUT2D eigenvalue weighted by Crippen LogP contribution is 2.34. The smallest absolute Gasteiger partial charge is 0.372 e. The number of sulfone groups is 1. The van der Waals surface area contributed by atoms with Crippen LogP contribution in [0.4, 0.5) is 33.3 Å². The van der Waals surface area contributed by atoms with Crippen LogP contribution in [0.1, 0.15) is 12.4 Å². The predicted molar refractivity (Wildman–Crippen MR) is 77.1 cm³/mol. The van der Waals surface area contributed by atoms with E-state index < -0.39 is 43.9 Å². The number of anilines is 1. The topological polar surface area (TPSA) is 107 Å².